The summed E-state index contributed by atoms with van der Waals surface area (Å²) in [6.07, 6.45) is -0.445. The van der Waals surface area contributed by atoms with Crippen LogP contribution in [0.2, 0.25) is 0 Å². The van der Waals surface area contributed by atoms with E-state index in [1.54, 1.807) is 12.1 Å². The maximum absolute atomic E-state index is 11.5. The molecule has 5 nitrogen and oxygen atoms in total. The highest BCUT2D eigenvalue weighted by Gasteiger charge is 2.28. The molecule has 2 atom stereocenters. The van der Waals surface area contributed by atoms with E-state index in [1.165, 1.54) is 20.3 Å². The van der Waals surface area contributed by atoms with Crippen LogP contribution in [0.25, 0.3) is 0 Å². The second-order valence-electron chi connectivity index (χ2n) is 5.00. The van der Waals surface area contributed by atoms with Crippen LogP contribution in [-0.4, -0.2) is 33.5 Å². The van der Waals surface area contributed by atoms with Gasteiger partial charge in [-0.3, -0.25) is 4.55 Å². The number of rotatable bonds is 6. The van der Waals surface area contributed by atoms with Crippen molar-refractivity contribution in [3.8, 4) is 0 Å². The Balaban J connectivity index is 3.27. The van der Waals surface area contributed by atoms with Gasteiger partial charge in [0.1, 0.15) is 0 Å². The summed E-state index contributed by atoms with van der Waals surface area (Å²) < 4.78 is 42.8. The molecule has 0 heterocycles. The predicted molar refractivity (Wildman–Crippen MR) is 76.4 cm³/mol. The van der Waals surface area contributed by atoms with E-state index in [-0.39, 0.29) is 16.7 Å². The molecule has 0 aliphatic heterocycles. The van der Waals surface area contributed by atoms with Gasteiger partial charge in [0.2, 0.25) is 0 Å². The topological polar surface area (TPSA) is 72.8 Å². The van der Waals surface area contributed by atoms with Gasteiger partial charge in [-0.2, -0.15) is 8.42 Å². The maximum atomic E-state index is 11.5. The second kappa shape index (κ2) is 6.67. The zero-order valence-corrected chi connectivity index (χ0v) is 13.3. The lowest BCUT2D eigenvalue weighted by Crippen LogP contribution is -2.27. The first kappa shape index (κ1) is 17.1. The van der Waals surface area contributed by atoms with Crippen LogP contribution < -0.4 is 0 Å². The molecule has 0 aliphatic rings. The van der Waals surface area contributed by atoms with Crippen molar-refractivity contribution in [3.05, 3.63) is 29.3 Å². The Labute approximate surface area is 120 Å². The van der Waals surface area contributed by atoms with Crippen molar-refractivity contribution in [2.75, 3.05) is 14.2 Å². The third-order valence-corrected chi connectivity index (χ3v) is 4.54. The molecular formula is C14H22O5S. The summed E-state index contributed by atoms with van der Waals surface area (Å²) in [4.78, 5) is -0.0617. The summed E-state index contributed by atoms with van der Waals surface area (Å²) in [5, 5.41) is 0. The Morgan fingerprint density at radius 2 is 1.70 bits per heavy atom. The van der Waals surface area contributed by atoms with Crippen LogP contribution in [0.3, 0.4) is 0 Å². The van der Waals surface area contributed by atoms with Crippen LogP contribution in [0, 0.1) is 12.8 Å². The zero-order chi connectivity index (χ0) is 15.5. The van der Waals surface area contributed by atoms with Crippen LogP contribution in [-0.2, 0) is 19.6 Å². The van der Waals surface area contributed by atoms with E-state index in [0.29, 0.717) is 5.56 Å². The molecule has 0 saturated heterocycles. The van der Waals surface area contributed by atoms with E-state index in [2.05, 4.69) is 0 Å². The van der Waals surface area contributed by atoms with Gasteiger partial charge in [-0.15, -0.1) is 0 Å². The van der Waals surface area contributed by atoms with Crippen molar-refractivity contribution in [1.82, 2.24) is 0 Å². The normalized spacial score (nSPS) is 15.3. The Morgan fingerprint density at radius 3 is 2.15 bits per heavy atom. The first-order valence-corrected chi connectivity index (χ1v) is 7.80. The Morgan fingerprint density at radius 1 is 1.15 bits per heavy atom. The third-order valence-electron chi connectivity index (χ3n) is 3.62. The number of ether oxygens (including phenoxy) is 2. The summed E-state index contributed by atoms with van der Waals surface area (Å²) in [5.41, 5.74) is 1.50. The summed E-state index contributed by atoms with van der Waals surface area (Å²) in [6.45, 7) is 5.68. The van der Waals surface area contributed by atoms with E-state index in [1.807, 2.05) is 20.8 Å². The Kier molecular flexibility index (Phi) is 5.70. The average Bonchev–Trinajstić information content (AvgIpc) is 2.37. The van der Waals surface area contributed by atoms with Crippen LogP contribution in [0.15, 0.2) is 23.1 Å². The fourth-order valence-electron chi connectivity index (χ4n) is 2.30. The van der Waals surface area contributed by atoms with Gasteiger partial charge in [0.05, 0.1) is 4.90 Å². The molecule has 1 N–H and O–H groups in total. The first-order chi connectivity index (χ1) is 9.22. The van der Waals surface area contributed by atoms with Gasteiger partial charge in [-0.25, -0.2) is 0 Å². The molecule has 2 unspecified atom stereocenters. The zero-order valence-electron chi connectivity index (χ0n) is 12.5. The van der Waals surface area contributed by atoms with Gasteiger partial charge in [0.15, 0.2) is 6.29 Å². The molecule has 0 fully saturated rings. The number of methoxy groups -OCH3 is 2. The molecule has 0 amide bonds. The number of hydrogen-bond donors (Lipinski definition) is 1. The fraction of sp³-hybridized carbons (Fsp3) is 0.571. The Bertz CT molecular complexity index is 549. The van der Waals surface area contributed by atoms with Crippen LogP contribution in [0.1, 0.15) is 30.9 Å². The summed E-state index contributed by atoms with van der Waals surface area (Å²) in [6, 6.07) is 4.86. The third kappa shape index (κ3) is 3.79. The standard InChI is InChI=1S/C14H22O5S/c1-9-6-7-13(20(15,16)17)12(8-9)10(2)11(3)14(18-4)19-5/h6-8,10-11,14H,1-5H3,(H,15,16,17). The second-order valence-corrected chi connectivity index (χ2v) is 6.39. The SMILES string of the molecule is COC(OC)C(C)C(C)c1cc(C)ccc1S(=O)(=O)O. The summed E-state index contributed by atoms with van der Waals surface area (Å²) in [5.74, 6) is -0.232. The van der Waals surface area contributed by atoms with Crippen LogP contribution in [0.4, 0.5) is 0 Å². The van der Waals surface area contributed by atoms with Crippen molar-refractivity contribution in [3.63, 3.8) is 0 Å². The van der Waals surface area contributed by atoms with E-state index in [4.69, 9.17) is 9.47 Å². The molecule has 114 valence electrons. The quantitative estimate of drug-likeness (QED) is 0.646. The molecular weight excluding hydrogens is 280 g/mol. The van der Waals surface area contributed by atoms with Gasteiger partial charge in [-0.1, -0.05) is 31.5 Å². The largest absolute Gasteiger partial charge is 0.356 e. The highest BCUT2D eigenvalue weighted by atomic mass is 32.2. The molecule has 0 bridgehead atoms. The lowest BCUT2D eigenvalue weighted by Gasteiger charge is -2.28. The van der Waals surface area contributed by atoms with E-state index < -0.39 is 16.4 Å². The average molecular weight is 302 g/mol. The molecule has 0 spiro atoms. The minimum absolute atomic E-state index is 0.0617. The van der Waals surface area contributed by atoms with Crippen molar-refractivity contribution in [2.24, 2.45) is 5.92 Å². The van der Waals surface area contributed by atoms with Crippen molar-refractivity contribution in [1.29, 1.82) is 0 Å². The maximum Gasteiger partial charge on any atom is 0.294 e. The van der Waals surface area contributed by atoms with Gasteiger partial charge < -0.3 is 9.47 Å². The van der Waals surface area contributed by atoms with Crippen molar-refractivity contribution in [2.45, 2.75) is 37.9 Å². The van der Waals surface area contributed by atoms with Crippen LogP contribution >= 0.6 is 0 Å². The van der Waals surface area contributed by atoms with E-state index in [9.17, 15) is 13.0 Å². The van der Waals surface area contributed by atoms with E-state index in [0.717, 1.165) is 5.56 Å². The minimum Gasteiger partial charge on any atom is -0.356 e. The molecule has 1 rings (SSSR count). The van der Waals surface area contributed by atoms with E-state index >= 15 is 0 Å². The molecule has 20 heavy (non-hydrogen) atoms. The number of hydrogen-bond acceptors (Lipinski definition) is 4. The lowest BCUT2D eigenvalue weighted by molar-refractivity contribution is -0.137. The highest BCUT2D eigenvalue weighted by molar-refractivity contribution is 7.85. The van der Waals surface area contributed by atoms with Crippen LogP contribution in [0.5, 0.6) is 0 Å². The molecule has 1 aromatic carbocycles. The summed E-state index contributed by atoms with van der Waals surface area (Å²) >= 11 is 0. The lowest BCUT2D eigenvalue weighted by atomic mass is 9.87. The summed E-state index contributed by atoms with van der Waals surface area (Å²) in [7, 11) is -1.17. The predicted octanol–water partition coefficient (Wildman–Crippen LogP) is 2.60. The Hall–Kier alpha value is -0.950. The fourth-order valence-corrected chi connectivity index (χ4v) is 3.09. The molecule has 0 saturated carbocycles. The van der Waals surface area contributed by atoms with Crippen molar-refractivity contribution >= 4 is 10.1 Å². The monoisotopic (exact) mass is 302 g/mol. The van der Waals surface area contributed by atoms with Gasteiger partial charge in [-0.05, 0) is 24.5 Å². The number of aryl methyl sites for hydroxylation is 1. The minimum atomic E-state index is -4.25. The number of benzene rings is 1. The molecule has 6 heteroatoms. The first-order valence-electron chi connectivity index (χ1n) is 6.36. The molecule has 1 aromatic rings. The van der Waals surface area contributed by atoms with Gasteiger partial charge in [0, 0.05) is 20.1 Å². The van der Waals surface area contributed by atoms with Gasteiger partial charge in [0.25, 0.3) is 10.1 Å². The van der Waals surface area contributed by atoms with Gasteiger partial charge >= 0.3 is 0 Å². The molecule has 0 aliphatic carbocycles. The highest BCUT2D eigenvalue weighted by Crippen LogP contribution is 2.33. The molecule has 0 aromatic heterocycles. The molecule has 0 radical (unpaired) electrons. The smallest absolute Gasteiger partial charge is 0.294 e. The van der Waals surface area contributed by atoms with Crippen molar-refractivity contribution < 1.29 is 22.4 Å².